The normalized spacial score (nSPS) is 10.2. The lowest BCUT2D eigenvalue weighted by Crippen LogP contribution is -2.05. The Balaban J connectivity index is 3.18. The molecule has 0 aromatic carbocycles. The minimum Gasteiger partial charge on any atom is -0.466 e. The van der Waals surface area contributed by atoms with Crippen LogP contribution in [-0.2, 0) is 19.2 Å². The summed E-state index contributed by atoms with van der Waals surface area (Å²) in [5.41, 5.74) is 0. The van der Waals surface area contributed by atoms with Gasteiger partial charge in [0.2, 0.25) is 0 Å². The smallest absolute Gasteiger partial charge is 0.342 e. The highest BCUT2D eigenvalue weighted by Crippen LogP contribution is 2.09. The van der Waals surface area contributed by atoms with Crippen LogP contribution in [0.15, 0.2) is 0 Å². The molecule has 0 unspecified atom stereocenters. The summed E-state index contributed by atoms with van der Waals surface area (Å²) in [7, 11) is 0. The van der Waals surface area contributed by atoms with Crippen LogP contribution >= 0.6 is 0 Å². The van der Waals surface area contributed by atoms with Crippen molar-refractivity contribution in [3.63, 3.8) is 0 Å². The van der Waals surface area contributed by atoms with Gasteiger partial charge in [-0.3, -0.25) is 4.79 Å². The van der Waals surface area contributed by atoms with E-state index in [1.165, 1.54) is 0 Å². The van der Waals surface area contributed by atoms with Gasteiger partial charge in [-0.25, -0.2) is 4.79 Å². The molecule has 0 aromatic heterocycles. The second-order valence-electron chi connectivity index (χ2n) is 4.66. The summed E-state index contributed by atoms with van der Waals surface area (Å²) in [6.07, 6.45) is 8.37. The maximum atomic E-state index is 11.3. The van der Waals surface area contributed by atoms with Crippen LogP contribution < -0.4 is 0 Å². The number of unbranched alkanes of at least 4 members (excludes halogenated alkanes) is 6. The first-order valence-electron chi connectivity index (χ1n) is 7.20. The maximum Gasteiger partial charge on any atom is 0.342 e. The highest BCUT2D eigenvalue weighted by Gasteiger charge is 2.03. The second kappa shape index (κ2) is 13.3. The van der Waals surface area contributed by atoms with E-state index in [1.807, 2.05) is 0 Å². The van der Waals surface area contributed by atoms with E-state index in [9.17, 15) is 9.59 Å². The van der Waals surface area contributed by atoms with Crippen LogP contribution in [0.3, 0.4) is 0 Å². The van der Waals surface area contributed by atoms with Gasteiger partial charge in [-0.2, -0.15) is 5.26 Å². The number of hydrogen-bond acceptors (Lipinski definition) is 5. The van der Waals surface area contributed by atoms with Crippen LogP contribution in [0, 0.1) is 0 Å². The van der Waals surface area contributed by atoms with Gasteiger partial charge in [0.1, 0.15) is 0 Å². The van der Waals surface area contributed by atoms with Crippen LogP contribution in [0.25, 0.3) is 0 Å². The Kier molecular flexibility index (Phi) is 12.6. The monoisotopic (exact) mass is 274 g/mol. The van der Waals surface area contributed by atoms with E-state index in [0.29, 0.717) is 13.0 Å². The van der Waals surface area contributed by atoms with E-state index in [1.54, 1.807) is 0 Å². The van der Waals surface area contributed by atoms with Crippen LogP contribution in [0.2, 0.25) is 0 Å². The van der Waals surface area contributed by atoms with Gasteiger partial charge < -0.3 is 9.62 Å². The van der Waals surface area contributed by atoms with Gasteiger partial charge in [0, 0.05) is 12.8 Å². The number of esters is 1. The third-order valence-electron chi connectivity index (χ3n) is 2.87. The first-order chi connectivity index (χ1) is 9.20. The van der Waals surface area contributed by atoms with Crippen LogP contribution in [0.1, 0.15) is 71.1 Å². The van der Waals surface area contributed by atoms with Crippen LogP contribution in [0.4, 0.5) is 0 Å². The number of hydrogen-bond donors (Lipinski definition) is 1. The average molecular weight is 274 g/mol. The molecule has 0 atom stereocenters. The molecule has 5 heteroatoms. The Morgan fingerprint density at radius 1 is 0.842 bits per heavy atom. The molecule has 1 N–H and O–H groups in total. The Labute approximate surface area is 115 Å². The summed E-state index contributed by atoms with van der Waals surface area (Å²) in [5.74, 6) is -0.672. The zero-order valence-electron chi connectivity index (χ0n) is 11.9. The minimum atomic E-state index is -0.574. The van der Waals surface area contributed by atoms with E-state index >= 15 is 0 Å². The summed E-state index contributed by atoms with van der Waals surface area (Å²) in [4.78, 5) is 25.4. The number of rotatable bonds is 12. The SMILES string of the molecule is CCCCOC(=O)CCCCCCCCC(=O)OO. The van der Waals surface area contributed by atoms with Crippen LogP contribution in [0.5, 0.6) is 0 Å². The molecular formula is C14H26O5. The molecular weight excluding hydrogens is 248 g/mol. The predicted octanol–water partition coefficient (Wildman–Crippen LogP) is 3.47. The van der Waals surface area contributed by atoms with Crippen molar-refractivity contribution >= 4 is 11.9 Å². The molecule has 0 aliphatic carbocycles. The first-order valence-corrected chi connectivity index (χ1v) is 7.20. The van der Waals surface area contributed by atoms with E-state index in [2.05, 4.69) is 11.8 Å². The van der Waals surface area contributed by atoms with Gasteiger partial charge in [0.15, 0.2) is 0 Å². The van der Waals surface area contributed by atoms with E-state index in [-0.39, 0.29) is 12.4 Å². The lowest BCUT2D eigenvalue weighted by atomic mass is 10.1. The van der Waals surface area contributed by atoms with Gasteiger partial charge in [-0.1, -0.05) is 39.0 Å². The molecule has 0 amide bonds. The van der Waals surface area contributed by atoms with Gasteiger partial charge in [0.25, 0.3) is 0 Å². The maximum absolute atomic E-state index is 11.3. The van der Waals surface area contributed by atoms with Gasteiger partial charge >= 0.3 is 11.9 Å². The van der Waals surface area contributed by atoms with Crippen molar-refractivity contribution in [2.75, 3.05) is 6.61 Å². The molecule has 0 aliphatic heterocycles. The predicted molar refractivity (Wildman–Crippen MR) is 71.5 cm³/mol. The fourth-order valence-electron chi connectivity index (χ4n) is 1.69. The molecule has 0 saturated carbocycles. The zero-order chi connectivity index (χ0) is 14.3. The van der Waals surface area contributed by atoms with E-state index < -0.39 is 5.97 Å². The van der Waals surface area contributed by atoms with Crippen molar-refractivity contribution < 1.29 is 24.5 Å². The van der Waals surface area contributed by atoms with Crippen molar-refractivity contribution in [3.05, 3.63) is 0 Å². The van der Waals surface area contributed by atoms with E-state index in [4.69, 9.17) is 9.99 Å². The third-order valence-corrected chi connectivity index (χ3v) is 2.87. The zero-order valence-corrected chi connectivity index (χ0v) is 11.9. The van der Waals surface area contributed by atoms with Crippen molar-refractivity contribution in [2.45, 2.75) is 71.1 Å². The number of carbonyl (C=O) groups excluding carboxylic acids is 2. The molecule has 0 bridgehead atoms. The van der Waals surface area contributed by atoms with Gasteiger partial charge in [0.05, 0.1) is 6.61 Å². The molecule has 0 fully saturated rings. The Hall–Kier alpha value is -1.10. The highest BCUT2D eigenvalue weighted by molar-refractivity contribution is 5.69. The van der Waals surface area contributed by atoms with Crippen molar-refractivity contribution in [3.8, 4) is 0 Å². The summed E-state index contributed by atoms with van der Waals surface area (Å²) in [6.45, 7) is 2.60. The Bertz CT molecular complexity index is 240. The fourth-order valence-corrected chi connectivity index (χ4v) is 1.69. The minimum absolute atomic E-state index is 0.0980. The molecule has 112 valence electrons. The summed E-state index contributed by atoms with van der Waals surface area (Å²) < 4.78 is 5.05. The third kappa shape index (κ3) is 13.1. The lowest BCUT2D eigenvalue weighted by Gasteiger charge is -2.04. The largest absolute Gasteiger partial charge is 0.466 e. The van der Waals surface area contributed by atoms with E-state index in [0.717, 1.165) is 51.4 Å². The molecule has 0 aliphatic rings. The molecule has 5 nitrogen and oxygen atoms in total. The lowest BCUT2D eigenvalue weighted by molar-refractivity contribution is -0.234. The molecule has 0 rings (SSSR count). The first kappa shape index (κ1) is 17.9. The summed E-state index contributed by atoms with van der Waals surface area (Å²) >= 11 is 0. The second-order valence-corrected chi connectivity index (χ2v) is 4.66. The number of carbonyl (C=O) groups is 2. The average Bonchev–Trinajstić information content (AvgIpc) is 2.41. The topological polar surface area (TPSA) is 72.8 Å². The number of ether oxygens (including phenoxy) is 1. The molecule has 0 saturated heterocycles. The molecule has 0 radical (unpaired) electrons. The fraction of sp³-hybridized carbons (Fsp3) is 0.857. The summed E-state index contributed by atoms with van der Waals surface area (Å²) in [6, 6.07) is 0. The molecule has 0 spiro atoms. The van der Waals surface area contributed by atoms with Crippen LogP contribution in [-0.4, -0.2) is 23.8 Å². The highest BCUT2D eigenvalue weighted by atomic mass is 17.1. The molecule has 19 heavy (non-hydrogen) atoms. The molecule has 0 aromatic rings. The Morgan fingerprint density at radius 2 is 1.37 bits per heavy atom. The van der Waals surface area contributed by atoms with Crippen molar-refractivity contribution in [1.82, 2.24) is 0 Å². The van der Waals surface area contributed by atoms with Gasteiger partial charge in [-0.05, 0) is 19.3 Å². The Morgan fingerprint density at radius 3 is 1.89 bits per heavy atom. The van der Waals surface area contributed by atoms with Crippen molar-refractivity contribution in [1.29, 1.82) is 0 Å². The van der Waals surface area contributed by atoms with Crippen molar-refractivity contribution in [2.24, 2.45) is 0 Å². The molecule has 0 heterocycles. The summed E-state index contributed by atoms with van der Waals surface area (Å²) in [5, 5.41) is 8.04. The quantitative estimate of drug-likeness (QED) is 0.255. The standard InChI is InChI=1S/C14H26O5/c1-2-3-12-18-13(15)10-8-6-4-5-7-9-11-14(16)19-17/h17H,2-12H2,1H3. The van der Waals surface area contributed by atoms with Gasteiger partial charge in [-0.15, -0.1) is 0 Å².